The first kappa shape index (κ1) is 13.1. The zero-order valence-corrected chi connectivity index (χ0v) is 11.5. The highest BCUT2D eigenvalue weighted by Gasteiger charge is 2.52. The van der Waals surface area contributed by atoms with E-state index in [9.17, 15) is 10.2 Å². The van der Waals surface area contributed by atoms with Crippen molar-refractivity contribution in [3.8, 4) is 0 Å². The standard InChI is InChI=1S/C17H24O2/c18-16(10-4-5-11-16)15(14-8-2-1-3-9-14)17(19)12-6-7-13-17/h1-3,8-9,15,18-19H,4-7,10-13H2. The minimum absolute atomic E-state index is 0.119. The van der Waals surface area contributed by atoms with Crippen LogP contribution in [0.4, 0.5) is 0 Å². The summed E-state index contributed by atoms with van der Waals surface area (Å²) >= 11 is 0. The zero-order valence-electron chi connectivity index (χ0n) is 11.5. The summed E-state index contributed by atoms with van der Waals surface area (Å²) < 4.78 is 0. The predicted octanol–water partition coefficient (Wildman–Crippen LogP) is 3.38. The lowest BCUT2D eigenvalue weighted by Gasteiger charge is -2.42. The second kappa shape index (κ2) is 4.92. The quantitative estimate of drug-likeness (QED) is 0.874. The summed E-state index contributed by atoms with van der Waals surface area (Å²) in [4.78, 5) is 0. The van der Waals surface area contributed by atoms with Crippen molar-refractivity contribution in [2.45, 2.75) is 68.5 Å². The van der Waals surface area contributed by atoms with Crippen molar-refractivity contribution in [1.29, 1.82) is 0 Å². The molecular weight excluding hydrogens is 236 g/mol. The van der Waals surface area contributed by atoms with Gasteiger partial charge in [0.25, 0.3) is 0 Å². The molecular formula is C17H24O2. The Bertz CT molecular complexity index is 392. The Balaban J connectivity index is 2.00. The van der Waals surface area contributed by atoms with E-state index < -0.39 is 11.2 Å². The van der Waals surface area contributed by atoms with Gasteiger partial charge in [0.1, 0.15) is 0 Å². The highest BCUT2D eigenvalue weighted by Crippen LogP contribution is 2.51. The third-order valence-electron chi connectivity index (χ3n) is 5.15. The van der Waals surface area contributed by atoms with Gasteiger partial charge < -0.3 is 10.2 Å². The van der Waals surface area contributed by atoms with Crippen LogP contribution in [0.3, 0.4) is 0 Å². The van der Waals surface area contributed by atoms with Crippen molar-refractivity contribution in [2.24, 2.45) is 0 Å². The van der Waals surface area contributed by atoms with Crippen molar-refractivity contribution in [3.05, 3.63) is 35.9 Å². The predicted molar refractivity (Wildman–Crippen MR) is 76.0 cm³/mol. The van der Waals surface area contributed by atoms with Crippen molar-refractivity contribution in [2.75, 3.05) is 0 Å². The van der Waals surface area contributed by atoms with Crippen molar-refractivity contribution >= 4 is 0 Å². The van der Waals surface area contributed by atoms with Crippen LogP contribution >= 0.6 is 0 Å². The van der Waals surface area contributed by atoms with E-state index >= 15 is 0 Å². The number of hydrogen-bond donors (Lipinski definition) is 2. The lowest BCUT2D eigenvalue weighted by Crippen LogP contribution is -2.47. The van der Waals surface area contributed by atoms with Gasteiger partial charge in [-0.15, -0.1) is 0 Å². The number of benzene rings is 1. The van der Waals surface area contributed by atoms with Crippen molar-refractivity contribution in [3.63, 3.8) is 0 Å². The normalized spacial score (nSPS) is 25.0. The third kappa shape index (κ3) is 2.32. The molecule has 0 aromatic heterocycles. The summed E-state index contributed by atoms with van der Waals surface area (Å²) in [6, 6.07) is 10.2. The van der Waals surface area contributed by atoms with E-state index in [1.807, 2.05) is 18.2 Å². The molecule has 2 nitrogen and oxygen atoms in total. The zero-order chi connectivity index (χ0) is 13.3. The van der Waals surface area contributed by atoms with E-state index in [-0.39, 0.29) is 5.92 Å². The lowest BCUT2D eigenvalue weighted by molar-refractivity contribution is -0.0834. The molecule has 2 fully saturated rings. The first-order chi connectivity index (χ1) is 9.14. The van der Waals surface area contributed by atoms with Gasteiger partial charge in [-0.3, -0.25) is 0 Å². The van der Waals surface area contributed by atoms with Gasteiger partial charge in [-0.2, -0.15) is 0 Å². The summed E-state index contributed by atoms with van der Waals surface area (Å²) in [5.74, 6) is -0.119. The van der Waals surface area contributed by atoms with Crippen molar-refractivity contribution < 1.29 is 10.2 Å². The van der Waals surface area contributed by atoms with Gasteiger partial charge in [0, 0.05) is 5.92 Å². The molecule has 0 heterocycles. The fourth-order valence-electron chi connectivity index (χ4n) is 4.32. The highest BCUT2D eigenvalue weighted by atomic mass is 16.3. The fraction of sp³-hybridized carbons (Fsp3) is 0.647. The van der Waals surface area contributed by atoms with E-state index in [1.54, 1.807) is 0 Å². The molecule has 2 N–H and O–H groups in total. The second-order valence-corrected chi connectivity index (χ2v) is 6.47. The lowest BCUT2D eigenvalue weighted by atomic mass is 9.69. The largest absolute Gasteiger partial charge is 0.389 e. The molecule has 2 aliphatic rings. The Kier molecular flexibility index (Phi) is 3.40. The molecule has 0 atom stereocenters. The minimum Gasteiger partial charge on any atom is -0.389 e. The summed E-state index contributed by atoms with van der Waals surface area (Å²) in [6.07, 6.45) is 7.63. The molecule has 2 heteroatoms. The van der Waals surface area contributed by atoms with Gasteiger partial charge in [-0.05, 0) is 31.2 Å². The van der Waals surface area contributed by atoms with Crippen LogP contribution < -0.4 is 0 Å². The maximum atomic E-state index is 11.1. The number of hydrogen-bond acceptors (Lipinski definition) is 2. The van der Waals surface area contributed by atoms with Crippen LogP contribution in [0.5, 0.6) is 0 Å². The molecule has 0 radical (unpaired) electrons. The summed E-state index contributed by atoms with van der Waals surface area (Å²) in [6.45, 7) is 0. The van der Waals surface area contributed by atoms with Crippen LogP contribution in [0.15, 0.2) is 30.3 Å². The van der Waals surface area contributed by atoms with Crippen LogP contribution in [-0.4, -0.2) is 21.4 Å². The van der Waals surface area contributed by atoms with Crippen molar-refractivity contribution in [1.82, 2.24) is 0 Å². The van der Waals surface area contributed by atoms with Crippen LogP contribution in [0.2, 0.25) is 0 Å². The molecule has 0 aliphatic heterocycles. The Morgan fingerprint density at radius 2 is 1.16 bits per heavy atom. The van der Waals surface area contributed by atoms with E-state index in [1.165, 1.54) is 0 Å². The summed E-state index contributed by atoms with van der Waals surface area (Å²) in [5.41, 5.74) is -0.308. The van der Waals surface area contributed by atoms with Crippen LogP contribution in [0, 0.1) is 0 Å². The van der Waals surface area contributed by atoms with Gasteiger partial charge in [0.05, 0.1) is 11.2 Å². The molecule has 2 aliphatic carbocycles. The topological polar surface area (TPSA) is 40.5 Å². The molecule has 0 bridgehead atoms. The molecule has 19 heavy (non-hydrogen) atoms. The maximum absolute atomic E-state index is 11.1. The molecule has 0 amide bonds. The average molecular weight is 260 g/mol. The fourth-order valence-corrected chi connectivity index (χ4v) is 4.32. The molecule has 2 saturated carbocycles. The Morgan fingerprint density at radius 1 is 0.737 bits per heavy atom. The van der Waals surface area contributed by atoms with E-state index in [2.05, 4.69) is 12.1 Å². The highest BCUT2D eigenvalue weighted by molar-refractivity contribution is 5.28. The van der Waals surface area contributed by atoms with Gasteiger partial charge >= 0.3 is 0 Å². The minimum atomic E-state index is -0.708. The SMILES string of the molecule is OC1(C(c2ccccc2)C2(O)CCCC2)CCCC1. The Morgan fingerprint density at radius 3 is 1.58 bits per heavy atom. The van der Waals surface area contributed by atoms with Gasteiger partial charge in [-0.25, -0.2) is 0 Å². The van der Waals surface area contributed by atoms with Gasteiger partial charge in [-0.1, -0.05) is 56.0 Å². The first-order valence-corrected chi connectivity index (χ1v) is 7.64. The molecule has 0 unspecified atom stereocenters. The molecule has 1 aromatic carbocycles. The van der Waals surface area contributed by atoms with E-state index in [0.29, 0.717) is 0 Å². The van der Waals surface area contributed by atoms with Gasteiger partial charge in [0.2, 0.25) is 0 Å². The maximum Gasteiger partial charge on any atom is 0.0743 e. The Labute approximate surface area is 115 Å². The first-order valence-electron chi connectivity index (χ1n) is 7.64. The average Bonchev–Trinajstić information content (AvgIpc) is 3.01. The number of rotatable bonds is 3. The monoisotopic (exact) mass is 260 g/mol. The summed E-state index contributed by atoms with van der Waals surface area (Å²) in [7, 11) is 0. The van der Waals surface area contributed by atoms with E-state index in [4.69, 9.17) is 0 Å². The van der Waals surface area contributed by atoms with Gasteiger partial charge in [0.15, 0.2) is 0 Å². The second-order valence-electron chi connectivity index (χ2n) is 6.47. The smallest absolute Gasteiger partial charge is 0.0743 e. The number of aliphatic hydroxyl groups is 2. The summed E-state index contributed by atoms with van der Waals surface area (Å²) in [5, 5.41) is 22.1. The molecule has 3 rings (SSSR count). The Hall–Kier alpha value is -0.860. The van der Waals surface area contributed by atoms with Crippen LogP contribution in [0.1, 0.15) is 62.8 Å². The van der Waals surface area contributed by atoms with E-state index in [0.717, 1.165) is 56.9 Å². The molecule has 0 saturated heterocycles. The van der Waals surface area contributed by atoms with Crippen LogP contribution in [-0.2, 0) is 0 Å². The van der Waals surface area contributed by atoms with Crippen LogP contribution in [0.25, 0.3) is 0 Å². The molecule has 0 spiro atoms. The molecule has 1 aromatic rings. The molecule has 104 valence electrons. The third-order valence-corrected chi connectivity index (χ3v) is 5.15.